The van der Waals surface area contributed by atoms with Crippen molar-refractivity contribution in [3.8, 4) is 0 Å². The molecule has 8 nitrogen and oxygen atoms in total. The molecular formula is C16H20F3N7O. The molecule has 3 heterocycles. The molecule has 0 aliphatic rings. The van der Waals surface area contributed by atoms with Crippen molar-refractivity contribution < 1.29 is 17.7 Å². The van der Waals surface area contributed by atoms with E-state index in [0.29, 0.717) is 42.5 Å². The smallest absolute Gasteiger partial charge is 0.368 e. The third kappa shape index (κ3) is 3.86. The maximum Gasteiger partial charge on any atom is 0.453 e. The Morgan fingerprint density at radius 3 is 2.52 bits per heavy atom. The largest absolute Gasteiger partial charge is 0.453 e. The quantitative estimate of drug-likeness (QED) is 0.653. The van der Waals surface area contributed by atoms with Crippen molar-refractivity contribution in [3.63, 3.8) is 0 Å². The summed E-state index contributed by atoms with van der Waals surface area (Å²) in [6.07, 6.45) is -3.41. The number of halogens is 3. The SMILES string of the molecule is Cc1c(NCCCc2nc(C(C)C)no2)nn2c(C(F)(F)F)nnc2c1C. The molecule has 0 aliphatic carbocycles. The minimum Gasteiger partial charge on any atom is -0.368 e. The van der Waals surface area contributed by atoms with Crippen LogP contribution in [0.2, 0.25) is 0 Å². The predicted molar refractivity (Wildman–Crippen MR) is 90.5 cm³/mol. The summed E-state index contributed by atoms with van der Waals surface area (Å²) < 4.78 is 45.1. The van der Waals surface area contributed by atoms with E-state index in [4.69, 9.17) is 4.52 Å². The van der Waals surface area contributed by atoms with Crippen molar-refractivity contribution in [2.45, 2.75) is 52.6 Å². The number of aryl methyl sites for hydroxylation is 2. The Morgan fingerprint density at radius 1 is 1.15 bits per heavy atom. The van der Waals surface area contributed by atoms with E-state index in [9.17, 15) is 13.2 Å². The minimum atomic E-state index is -4.63. The van der Waals surface area contributed by atoms with Crippen molar-refractivity contribution in [1.29, 1.82) is 0 Å². The standard InChI is InChI=1S/C16H20F3N7O/c1-8(2)12-21-11(27-25-12)6-5-7-20-13-9(3)10(4)14-22-23-15(16(17,18)19)26(14)24-13/h8H,5-7H2,1-4H3,(H,20,24). The summed E-state index contributed by atoms with van der Waals surface area (Å²) in [5.41, 5.74) is 1.41. The first-order chi connectivity index (χ1) is 12.7. The molecule has 0 radical (unpaired) electrons. The zero-order valence-electron chi connectivity index (χ0n) is 15.4. The molecule has 1 N–H and O–H groups in total. The molecule has 0 spiro atoms. The van der Waals surface area contributed by atoms with Gasteiger partial charge in [0, 0.05) is 24.4 Å². The third-order valence-electron chi connectivity index (χ3n) is 4.21. The molecule has 27 heavy (non-hydrogen) atoms. The number of hydrogen-bond acceptors (Lipinski definition) is 7. The zero-order valence-corrected chi connectivity index (χ0v) is 15.4. The maximum atomic E-state index is 13.1. The topological polar surface area (TPSA) is 94.0 Å². The van der Waals surface area contributed by atoms with Gasteiger partial charge in [0.15, 0.2) is 11.5 Å². The first-order valence-corrected chi connectivity index (χ1v) is 8.54. The molecule has 3 aromatic rings. The number of nitrogens with one attached hydrogen (secondary N) is 1. The highest BCUT2D eigenvalue weighted by Crippen LogP contribution is 2.29. The summed E-state index contributed by atoms with van der Waals surface area (Å²) in [6.45, 7) is 7.91. The lowest BCUT2D eigenvalue weighted by Crippen LogP contribution is -2.15. The molecule has 11 heteroatoms. The Hall–Kier alpha value is -2.72. The second kappa shape index (κ2) is 7.12. The lowest BCUT2D eigenvalue weighted by Gasteiger charge is -2.12. The Balaban J connectivity index is 1.71. The van der Waals surface area contributed by atoms with Crippen LogP contribution >= 0.6 is 0 Å². The molecule has 0 unspecified atom stereocenters. The van der Waals surface area contributed by atoms with Crippen LogP contribution in [0.25, 0.3) is 5.65 Å². The van der Waals surface area contributed by atoms with Gasteiger partial charge in [0.1, 0.15) is 5.82 Å². The van der Waals surface area contributed by atoms with Gasteiger partial charge in [-0.1, -0.05) is 19.0 Å². The first kappa shape index (κ1) is 19.1. The highest BCUT2D eigenvalue weighted by Gasteiger charge is 2.38. The van der Waals surface area contributed by atoms with Gasteiger partial charge in [-0.3, -0.25) is 0 Å². The normalized spacial score (nSPS) is 12.3. The van der Waals surface area contributed by atoms with E-state index < -0.39 is 12.0 Å². The summed E-state index contributed by atoms with van der Waals surface area (Å²) in [4.78, 5) is 4.29. The van der Waals surface area contributed by atoms with Gasteiger partial charge in [0.2, 0.25) is 5.89 Å². The lowest BCUT2D eigenvalue weighted by atomic mass is 10.2. The van der Waals surface area contributed by atoms with E-state index in [1.165, 1.54) is 0 Å². The molecule has 146 valence electrons. The van der Waals surface area contributed by atoms with Crippen LogP contribution in [0.3, 0.4) is 0 Å². The van der Waals surface area contributed by atoms with Crippen LogP contribution in [0.1, 0.15) is 54.9 Å². The van der Waals surface area contributed by atoms with Gasteiger partial charge >= 0.3 is 6.18 Å². The predicted octanol–water partition coefficient (Wildman–Crippen LogP) is 3.31. The van der Waals surface area contributed by atoms with Crippen molar-refractivity contribution in [2.75, 3.05) is 11.9 Å². The molecule has 0 saturated carbocycles. The molecule has 3 aromatic heterocycles. The van der Waals surface area contributed by atoms with Crippen LogP contribution in [0.5, 0.6) is 0 Å². The molecule has 0 saturated heterocycles. The summed E-state index contributed by atoms with van der Waals surface area (Å²) in [5.74, 6) is 0.599. The number of anilines is 1. The summed E-state index contributed by atoms with van der Waals surface area (Å²) in [7, 11) is 0. The fraction of sp³-hybridized carbons (Fsp3) is 0.562. The fourth-order valence-electron chi connectivity index (χ4n) is 2.52. The Morgan fingerprint density at radius 2 is 1.89 bits per heavy atom. The van der Waals surface area contributed by atoms with Crippen LogP contribution in [0.4, 0.5) is 19.0 Å². The van der Waals surface area contributed by atoms with Crippen LogP contribution in [0, 0.1) is 13.8 Å². The summed E-state index contributed by atoms with van der Waals surface area (Å²) in [6, 6.07) is 0. The molecule has 0 amide bonds. The number of fused-ring (bicyclic) bond motifs is 1. The number of hydrogen-bond donors (Lipinski definition) is 1. The summed E-state index contributed by atoms with van der Waals surface area (Å²) >= 11 is 0. The number of rotatable bonds is 6. The van der Waals surface area contributed by atoms with E-state index in [1.54, 1.807) is 13.8 Å². The van der Waals surface area contributed by atoms with Crippen LogP contribution < -0.4 is 5.32 Å². The van der Waals surface area contributed by atoms with Gasteiger partial charge in [0.05, 0.1) is 0 Å². The van der Waals surface area contributed by atoms with Crippen molar-refractivity contribution in [1.82, 2.24) is 30.0 Å². The molecule has 0 bridgehead atoms. The number of alkyl halides is 3. The molecule has 3 rings (SSSR count). The van der Waals surface area contributed by atoms with Gasteiger partial charge in [-0.25, -0.2) is 0 Å². The summed E-state index contributed by atoms with van der Waals surface area (Å²) in [5, 5.41) is 17.9. The van der Waals surface area contributed by atoms with Crippen LogP contribution in [-0.4, -0.2) is 36.5 Å². The van der Waals surface area contributed by atoms with Gasteiger partial charge < -0.3 is 9.84 Å². The molecule has 0 atom stereocenters. The van der Waals surface area contributed by atoms with E-state index in [-0.39, 0.29) is 11.6 Å². The maximum absolute atomic E-state index is 13.1. The van der Waals surface area contributed by atoms with Crippen LogP contribution in [-0.2, 0) is 12.6 Å². The van der Waals surface area contributed by atoms with Crippen molar-refractivity contribution >= 4 is 11.5 Å². The van der Waals surface area contributed by atoms with Gasteiger partial charge in [-0.15, -0.1) is 15.3 Å². The highest BCUT2D eigenvalue weighted by molar-refractivity contribution is 5.58. The van der Waals surface area contributed by atoms with Crippen LogP contribution in [0.15, 0.2) is 4.52 Å². The Bertz CT molecular complexity index is 946. The van der Waals surface area contributed by atoms with Gasteiger partial charge in [-0.2, -0.15) is 22.7 Å². The second-order valence-corrected chi connectivity index (χ2v) is 6.59. The average Bonchev–Trinajstić information content (AvgIpc) is 3.22. The van der Waals surface area contributed by atoms with E-state index >= 15 is 0 Å². The number of aromatic nitrogens is 6. The van der Waals surface area contributed by atoms with E-state index in [0.717, 1.165) is 10.1 Å². The van der Waals surface area contributed by atoms with Gasteiger partial charge in [0.25, 0.3) is 5.82 Å². The average molecular weight is 383 g/mol. The lowest BCUT2D eigenvalue weighted by molar-refractivity contribution is -0.146. The molecule has 0 fully saturated rings. The van der Waals surface area contributed by atoms with E-state index in [1.807, 2.05) is 13.8 Å². The zero-order chi connectivity index (χ0) is 19.8. The second-order valence-electron chi connectivity index (χ2n) is 6.59. The minimum absolute atomic E-state index is 0.0949. The van der Waals surface area contributed by atoms with Crippen molar-refractivity contribution in [2.24, 2.45) is 0 Å². The van der Waals surface area contributed by atoms with Gasteiger partial charge in [-0.05, 0) is 25.8 Å². The fourth-order valence-corrected chi connectivity index (χ4v) is 2.52. The highest BCUT2D eigenvalue weighted by atomic mass is 19.4. The third-order valence-corrected chi connectivity index (χ3v) is 4.21. The first-order valence-electron chi connectivity index (χ1n) is 8.54. The molecule has 0 aliphatic heterocycles. The molecule has 0 aromatic carbocycles. The monoisotopic (exact) mass is 383 g/mol. The van der Waals surface area contributed by atoms with Crippen molar-refractivity contribution in [3.05, 3.63) is 28.7 Å². The Labute approximate surface area is 153 Å². The molecular weight excluding hydrogens is 363 g/mol. The number of nitrogens with zero attached hydrogens (tertiary/aromatic N) is 6. The van der Waals surface area contributed by atoms with E-state index in [2.05, 4.69) is 30.8 Å². The Kier molecular flexibility index (Phi) is 5.03.